The molecule has 1 N–H and O–H groups in total. The normalized spacial score (nSPS) is 14.4. The fraction of sp³-hybridized carbons (Fsp3) is 0.435. The highest BCUT2D eigenvalue weighted by atomic mass is 16.5. The Hall–Kier alpha value is -2.93. The Morgan fingerprint density at radius 2 is 2.03 bits per heavy atom. The molecular formula is C23H30N4O3. The number of benzene rings is 1. The number of rotatable bonds is 7. The van der Waals surface area contributed by atoms with E-state index in [4.69, 9.17) is 9.47 Å². The zero-order valence-corrected chi connectivity index (χ0v) is 17.9. The first-order valence-corrected chi connectivity index (χ1v) is 10.3. The molecule has 2 heterocycles. The number of hydrogen-bond donors (Lipinski definition) is 1. The highest BCUT2D eigenvalue weighted by Crippen LogP contribution is 2.23. The van der Waals surface area contributed by atoms with Crippen LogP contribution < -0.4 is 10.1 Å². The average Bonchev–Trinajstić information content (AvgIpc) is 2.75. The number of hydrogen-bond acceptors (Lipinski definition) is 5. The molecule has 1 aliphatic rings. The van der Waals surface area contributed by atoms with Gasteiger partial charge in [-0.1, -0.05) is 23.8 Å². The Labute approximate surface area is 178 Å². The van der Waals surface area contributed by atoms with Crippen LogP contribution in [0.4, 0.5) is 10.6 Å². The van der Waals surface area contributed by atoms with Crippen LogP contribution in [0.5, 0.6) is 5.75 Å². The highest BCUT2D eigenvalue weighted by molar-refractivity contribution is 5.88. The van der Waals surface area contributed by atoms with Gasteiger partial charge in [-0.15, -0.1) is 5.10 Å². The molecule has 1 saturated heterocycles. The van der Waals surface area contributed by atoms with Crippen molar-refractivity contribution in [2.75, 3.05) is 32.1 Å². The summed E-state index contributed by atoms with van der Waals surface area (Å²) in [5.41, 5.74) is 2.26. The predicted molar refractivity (Wildman–Crippen MR) is 117 cm³/mol. The topological polar surface area (TPSA) is 76.6 Å². The monoisotopic (exact) mass is 410 g/mol. The number of piperidine rings is 1. The molecule has 2 aromatic rings. The molecule has 0 saturated carbocycles. The molecule has 30 heavy (non-hydrogen) atoms. The van der Waals surface area contributed by atoms with Gasteiger partial charge in [-0.25, -0.2) is 4.79 Å². The standard InChI is InChI=1S/C23H30N4O3/c1-23(2,29-3)11-15-30-20-7-4-6-19(17-20)16-18-9-13-27(14-10-18)22(28)25-21-8-5-12-24-26-21/h4-8,12,16-17H,9-11,13-15H2,1-3H3,(H,25,26,28). The smallest absolute Gasteiger partial charge is 0.323 e. The van der Waals surface area contributed by atoms with Crippen molar-refractivity contribution in [2.45, 2.75) is 38.7 Å². The molecule has 0 radical (unpaired) electrons. The molecule has 0 spiro atoms. The molecular weight excluding hydrogens is 380 g/mol. The van der Waals surface area contributed by atoms with Crippen LogP contribution in [0.2, 0.25) is 0 Å². The van der Waals surface area contributed by atoms with Crippen LogP contribution in [0.15, 0.2) is 48.2 Å². The maximum Gasteiger partial charge on any atom is 0.323 e. The summed E-state index contributed by atoms with van der Waals surface area (Å²) in [5, 5.41) is 10.5. The molecule has 1 aromatic carbocycles. The number of urea groups is 1. The number of anilines is 1. The van der Waals surface area contributed by atoms with E-state index in [1.807, 2.05) is 17.0 Å². The SMILES string of the molecule is COC(C)(C)CCOc1cccc(C=C2CCN(C(=O)Nc3cccnn3)CC2)c1. The molecule has 7 nitrogen and oxygen atoms in total. The molecule has 3 rings (SSSR count). The zero-order valence-electron chi connectivity index (χ0n) is 17.9. The number of nitrogens with zero attached hydrogens (tertiary/aromatic N) is 3. The number of likely N-dealkylation sites (tertiary alicyclic amines) is 1. The third-order valence-corrected chi connectivity index (χ3v) is 5.25. The Balaban J connectivity index is 1.50. The largest absolute Gasteiger partial charge is 0.493 e. The Kier molecular flexibility index (Phi) is 7.41. The number of aromatic nitrogens is 2. The summed E-state index contributed by atoms with van der Waals surface area (Å²) in [6.45, 7) is 6.07. The van der Waals surface area contributed by atoms with Crippen molar-refractivity contribution in [3.8, 4) is 5.75 Å². The molecule has 0 bridgehead atoms. The van der Waals surface area contributed by atoms with Gasteiger partial charge in [0.05, 0.1) is 12.2 Å². The first kappa shape index (κ1) is 21.8. The number of ether oxygens (including phenoxy) is 2. The van der Waals surface area contributed by atoms with Crippen molar-refractivity contribution in [2.24, 2.45) is 0 Å². The summed E-state index contributed by atoms with van der Waals surface area (Å²) in [7, 11) is 1.72. The van der Waals surface area contributed by atoms with Crippen LogP contribution in [0.1, 0.15) is 38.7 Å². The van der Waals surface area contributed by atoms with Gasteiger partial charge in [-0.3, -0.25) is 5.32 Å². The summed E-state index contributed by atoms with van der Waals surface area (Å²) in [6, 6.07) is 11.4. The van der Waals surface area contributed by atoms with Gasteiger partial charge in [0.15, 0.2) is 5.82 Å². The van der Waals surface area contributed by atoms with E-state index in [1.54, 1.807) is 25.4 Å². The molecule has 160 valence electrons. The summed E-state index contributed by atoms with van der Waals surface area (Å²) in [5.74, 6) is 1.33. The van der Waals surface area contributed by atoms with Crippen LogP contribution in [0.25, 0.3) is 6.08 Å². The van der Waals surface area contributed by atoms with Crippen molar-refractivity contribution in [3.05, 3.63) is 53.7 Å². The minimum Gasteiger partial charge on any atom is -0.493 e. The number of amides is 2. The van der Waals surface area contributed by atoms with E-state index in [0.29, 0.717) is 25.5 Å². The minimum atomic E-state index is -0.188. The van der Waals surface area contributed by atoms with Crippen molar-refractivity contribution in [1.29, 1.82) is 0 Å². The van der Waals surface area contributed by atoms with Gasteiger partial charge in [0.25, 0.3) is 0 Å². The van der Waals surface area contributed by atoms with Gasteiger partial charge in [-0.2, -0.15) is 5.10 Å². The Morgan fingerprint density at radius 3 is 2.73 bits per heavy atom. The van der Waals surface area contributed by atoms with Crippen LogP contribution in [-0.2, 0) is 4.74 Å². The van der Waals surface area contributed by atoms with Gasteiger partial charge < -0.3 is 14.4 Å². The molecule has 7 heteroatoms. The first-order valence-electron chi connectivity index (χ1n) is 10.3. The van der Waals surface area contributed by atoms with Crippen LogP contribution in [0, 0.1) is 0 Å². The maximum atomic E-state index is 12.4. The molecule has 2 amide bonds. The molecule has 0 unspecified atom stereocenters. The van der Waals surface area contributed by atoms with Crippen LogP contribution >= 0.6 is 0 Å². The molecule has 0 aliphatic carbocycles. The minimum absolute atomic E-state index is 0.135. The van der Waals surface area contributed by atoms with E-state index in [2.05, 4.69) is 47.6 Å². The Bertz CT molecular complexity index is 858. The second-order valence-electron chi connectivity index (χ2n) is 7.96. The molecule has 1 aromatic heterocycles. The van der Waals surface area contributed by atoms with E-state index in [1.165, 1.54) is 5.57 Å². The van der Waals surface area contributed by atoms with Crippen molar-refractivity contribution in [3.63, 3.8) is 0 Å². The van der Waals surface area contributed by atoms with Crippen LogP contribution in [0.3, 0.4) is 0 Å². The maximum absolute atomic E-state index is 12.4. The molecule has 0 atom stereocenters. The summed E-state index contributed by atoms with van der Waals surface area (Å²) in [4.78, 5) is 14.2. The molecule has 1 aliphatic heterocycles. The van der Waals surface area contributed by atoms with Gasteiger partial charge >= 0.3 is 6.03 Å². The van der Waals surface area contributed by atoms with E-state index in [-0.39, 0.29) is 11.6 Å². The van der Waals surface area contributed by atoms with E-state index in [9.17, 15) is 4.79 Å². The summed E-state index contributed by atoms with van der Waals surface area (Å²) >= 11 is 0. The van der Waals surface area contributed by atoms with Gasteiger partial charge in [0.1, 0.15) is 5.75 Å². The van der Waals surface area contributed by atoms with Crippen LogP contribution in [-0.4, -0.2) is 53.5 Å². The van der Waals surface area contributed by atoms with E-state index >= 15 is 0 Å². The fourth-order valence-corrected chi connectivity index (χ4v) is 3.14. The number of carbonyl (C=O) groups is 1. The van der Waals surface area contributed by atoms with Crippen molar-refractivity contribution < 1.29 is 14.3 Å². The molecule has 1 fully saturated rings. The third-order valence-electron chi connectivity index (χ3n) is 5.25. The second-order valence-corrected chi connectivity index (χ2v) is 7.96. The fourth-order valence-electron chi connectivity index (χ4n) is 3.14. The quantitative estimate of drug-likeness (QED) is 0.733. The summed E-state index contributed by atoms with van der Waals surface area (Å²) < 4.78 is 11.3. The lowest BCUT2D eigenvalue weighted by molar-refractivity contribution is 0.00545. The lowest BCUT2D eigenvalue weighted by atomic mass is 10.0. The van der Waals surface area contributed by atoms with E-state index < -0.39 is 0 Å². The lowest BCUT2D eigenvalue weighted by Crippen LogP contribution is -2.39. The number of nitrogens with one attached hydrogen (secondary N) is 1. The van der Waals surface area contributed by atoms with Gasteiger partial charge in [-0.05, 0) is 56.5 Å². The average molecular weight is 411 g/mol. The second kappa shape index (κ2) is 10.2. The van der Waals surface area contributed by atoms with E-state index in [0.717, 1.165) is 30.6 Å². The zero-order chi connectivity index (χ0) is 21.4. The third kappa shape index (κ3) is 6.56. The predicted octanol–water partition coefficient (Wildman–Crippen LogP) is 4.38. The van der Waals surface area contributed by atoms with Gasteiger partial charge in [0.2, 0.25) is 0 Å². The number of carbonyl (C=O) groups excluding carboxylic acids is 1. The van der Waals surface area contributed by atoms with Crippen molar-refractivity contribution in [1.82, 2.24) is 15.1 Å². The highest BCUT2D eigenvalue weighted by Gasteiger charge is 2.19. The summed E-state index contributed by atoms with van der Waals surface area (Å²) in [6.07, 6.45) is 6.29. The number of methoxy groups -OCH3 is 1. The van der Waals surface area contributed by atoms with Gasteiger partial charge in [0, 0.05) is 32.8 Å². The Morgan fingerprint density at radius 1 is 1.23 bits per heavy atom. The van der Waals surface area contributed by atoms with Crippen molar-refractivity contribution >= 4 is 17.9 Å². The lowest BCUT2D eigenvalue weighted by Gasteiger charge is -2.28. The first-order chi connectivity index (χ1) is 14.4.